The van der Waals surface area contributed by atoms with Crippen molar-refractivity contribution in [3.05, 3.63) is 0 Å². The summed E-state index contributed by atoms with van der Waals surface area (Å²) >= 11 is 2.46. The molecule has 236 valence electrons. The van der Waals surface area contributed by atoms with Crippen molar-refractivity contribution in [2.24, 2.45) is 0 Å². The summed E-state index contributed by atoms with van der Waals surface area (Å²) in [6, 6.07) is 5.54. The van der Waals surface area contributed by atoms with E-state index >= 15 is 0 Å². The molecule has 5 heteroatoms. The van der Waals surface area contributed by atoms with Crippen LogP contribution in [0.2, 0.25) is 24.2 Å². The van der Waals surface area contributed by atoms with Crippen molar-refractivity contribution in [1.82, 2.24) is 0 Å². The SMILES string of the molecule is CCCCC[Si](CCCCC)(OCCC)C(CCC)SC(CCC)[Si](CCCCC)(CCCCC)OCCC. The van der Waals surface area contributed by atoms with Crippen molar-refractivity contribution in [2.45, 2.75) is 205 Å². The monoisotopic (exact) mass is 602 g/mol. The van der Waals surface area contributed by atoms with Gasteiger partial charge in [-0.15, -0.1) is 0 Å². The molecule has 0 aromatic heterocycles. The lowest BCUT2D eigenvalue weighted by atomic mass is 10.3. The third-order valence-electron chi connectivity index (χ3n) is 8.61. The molecule has 0 saturated carbocycles. The van der Waals surface area contributed by atoms with E-state index < -0.39 is 16.6 Å². The van der Waals surface area contributed by atoms with E-state index in [1.54, 1.807) is 0 Å². The molecule has 0 saturated heterocycles. The largest absolute Gasteiger partial charge is 0.416 e. The highest BCUT2D eigenvalue weighted by Gasteiger charge is 2.48. The van der Waals surface area contributed by atoms with Crippen molar-refractivity contribution in [3.63, 3.8) is 0 Å². The summed E-state index contributed by atoms with van der Waals surface area (Å²) in [6.45, 7) is 20.9. The van der Waals surface area contributed by atoms with Gasteiger partial charge in [-0.05, 0) is 49.9 Å². The maximum Gasteiger partial charge on any atom is 0.205 e. The molecule has 0 aliphatic carbocycles. The Bertz CT molecular complexity index is 455. The van der Waals surface area contributed by atoms with Gasteiger partial charge >= 0.3 is 0 Å². The molecular weight excluding hydrogens is 529 g/mol. The number of hydrogen-bond acceptors (Lipinski definition) is 3. The highest BCUT2D eigenvalue weighted by molar-refractivity contribution is 8.03. The van der Waals surface area contributed by atoms with E-state index in [0.717, 1.165) is 35.8 Å². The lowest BCUT2D eigenvalue weighted by molar-refractivity contribution is 0.289. The van der Waals surface area contributed by atoms with Crippen LogP contribution in [0, 0.1) is 0 Å². The molecule has 2 nitrogen and oxygen atoms in total. The maximum absolute atomic E-state index is 7.25. The van der Waals surface area contributed by atoms with Crippen molar-refractivity contribution >= 4 is 28.4 Å². The van der Waals surface area contributed by atoms with E-state index in [9.17, 15) is 0 Å². The summed E-state index contributed by atoms with van der Waals surface area (Å²) in [5.74, 6) is 0. The Morgan fingerprint density at radius 2 is 0.718 bits per heavy atom. The van der Waals surface area contributed by atoms with Crippen molar-refractivity contribution in [1.29, 1.82) is 0 Å². The second-order valence-corrected chi connectivity index (χ2v) is 22.8. The molecule has 0 amide bonds. The van der Waals surface area contributed by atoms with Crippen LogP contribution in [-0.2, 0) is 8.85 Å². The third-order valence-corrected chi connectivity index (χ3v) is 22.4. The zero-order valence-electron chi connectivity index (χ0n) is 28.4. The van der Waals surface area contributed by atoms with Gasteiger partial charge in [0.1, 0.15) is 0 Å². The van der Waals surface area contributed by atoms with Crippen LogP contribution in [0.1, 0.15) is 171 Å². The van der Waals surface area contributed by atoms with E-state index in [1.165, 1.54) is 127 Å². The summed E-state index contributed by atoms with van der Waals surface area (Å²) < 4.78 is 14.5. The average Bonchev–Trinajstić information content (AvgIpc) is 2.94. The molecule has 0 aliphatic heterocycles. The van der Waals surface area contributed by atoms with Gasteiger partial charge in [-0.1, -0.05) is 145 Å². The second kappa shape index (κ2) is 26.3. The van der Waals surface area contributed by atoms with Gasteiger partial charge in [-0.25, -0.2) is 0 Å². The predicted molar refractivity (Wildman–Crippen MR) is 186 cm³/mol. The van der Waals surface area contributed by atoms with Gasteiger partial charge < -0.3 is 8.85 Å². The smallest absolute Gasteiger partial charge is 0.205 e. The fraction of sp³-hybridized carbons (Fsp3) is 1.00. The Labute approximate surface area is 254 Å². The first kappa shape index (κ1) is 39.7. The number of thioether (sulfide) groups is 1. The number of hydrogen-bond donors (Lipinski definition) is 0. The fourth-order valence-corrected chi connectivity index (χ4v) is 21.6. The van der Waals surface area contributed by atoms with Gasteiger partial charge in [0.25, 0.3) is 0 Å². The zero-order valence-corrected chi connectivity index (χ0v) is 31.2. The molecular formula is C34H74O2SSi2. The number of rotatable bonds is 30. The molecule has 0 heterocycles. The summed E-state index contributed by atoms with van der Waals surface area (Å²) in [4.78, 5) is 1.46. The van der Waals surface area contributed by atoms with Crippen LogP contribution in [0.3, 0.4) is 0 Å². The van der Waals surface area contributed by atoms with Crippen LogP contribution in [0.4, 0.5) is 0 Å². The van der Waals surface area contributed by atoms with E-state index in [0.29, 0.717) is 0 Å². The van der Waals surface area contributed by atoms with Gasteiger partial charge in [0.15, 0.2) is 0 Å². The standard InChI is InChI=1S/C34H74O2SSi2/c1-9-17-21-29-38(35-27-15-7,30-22-18-10-2)33(25-13-5)37-34(26-14-6)39(36-28-16-8,31-23-19-11-3)32-24-20-12-4/h33-34H,9-32H2,1-8H3. The maximum atomic E-state index is 7.25. The molecule has 0 N–H and O–H groups in total. The van der Waals surface area contributed by atoms with E-state index in [1.807, 2.05) is 0 Å². The minimum Gasteiger partial charge on any atom is -0.416 e. The summed E-state index contributed by atoms with van der Waals surface area (Å²) in [7, 11) is -3.78. The van der Waals surface area contributed by atoms with Crippen LogP contribution in [0.15, 0.2) is 0 Å². The van der Waals surface area contributed by atoms with Gasteiger partial charge in [0, 0.05) is 23.0 Å². The minimum atomic E-state index is -1.89. The number of unbranched alkanes of at least 4 members (excludes halogenated alkanes) is 8. The Morgan fingerprint density at radius 1 is 0.410 bits per heavy atom. The lowest BCUT2D eigenvalue weighted by Gasteiger charge is -2.45. The molecule has 0 rings (SSSR count). The van der Waals surface area contributed by atoms with Crippen LogP contribution < -0.4 is 0 Å². The highest BCUT2D eigenvalue weighted by Crippen LogP contribution is 2.44. The Balaban J connectivity index is 6.54. The van der Waals surface area contributed by atoms with Crippen molar-refractivity contribution in [2.75, 3.05) is 13.2 Å². The van der Waals surface area contributed by atoms with Crippen molar-refractivity contribution in [3.8, 4) is 0 Å². The van der Waals surface area contributed by atoms with Crippen molar-refractivity contribution < 1.29 is 8.85 Å². The second-order valence-electron chi connectivity index (χ2n) is 12.3. The molecule has 0 aromatic carbocycles. The lowest BCUT2D eigenvalue weighted by Crippen LogP contribution is -2.54. The summed E-state index contributed by atoms with van der Waals surface area (Å²) in [5.41, 5.74) is 0. The molecule has 0 fully saturated rings. The normalized spacial score (nSPS) is 14.2. The van der Waals surface area contributed by atoms with Gasteiger partial charge in [0.2, 0.25) is 16.6 Å². The first-order valence-electron chi connectivity index (χ1n) is 17.9. The van der Waals surface area contributed by atoms with E-state index in [-0.39, 0.29) is 0 Å². The van der Waals surface area contributed by atoms with Crippen LogP contribution >= 0.6 is 11.8 Å². The first-order valence-corrected chi connectivity index (χ1v) is 23.7. The molecule has 39 heavy (non-hydrogen) atoms. The molecule has 2 unspecified atom stereocenters. The molecule has 0 aromatic rings. The molecule has 0 bridgehead atoms. The average molecular weight is 603 g/mol. The summed E-state index contributed by atoms with van der Waals surface area (Å²) in [6.07, 6.45) is 23.8. The fourth-order valence-electron chi connectivity index (χ4n) is 6.31. The topological polar surface area (TPSA) is 18.5 Å². The van der Waals surface area contributed by atoms with E-state index in [4.69, 9.17) is 8.85 Å². The third kappa shape index (κ3) is 16.2. The van der Waals surface area contributed by atoms with Gasteiger partial charge in [0.05, 0.1) is 0 Å². The molecule has 0 radical (unpaired) electrons. The zero-order chi connectivity index (χ0) is 29.2. The quantitative estimate of drug-likeness (QED) is 0.0601. The van der Waals surface area contributed by atoms with E-state index in [2.05, 4.69) is 67.2 Å². The first-order chi connectivity index (χ1) is 19.0. The predicted octanol–water partition coefficient (Wildman–Crippen LogP) is 12.6. The highest BCUT2D eigenvalue weighted by atomic mass is 32.2. The minimum absolute atomic E-state index is 0.730. The Morgan fingerprint density at radius 3 is 0.949 bits per heavy atom. The molecule has 0 spiro atoms. The Kier molecular flexibility index (Phi) is 26.8. The van der Waals surface area contributed by atoms with Crippen LogP contribution in [0.25, 0.3) is 0 Å². The van der Waals surface area contributed by atoms with Gasteiger partial charge in [-0.2, -0.15) is 11.8 Å². The summed E-state index contributed by atoms with van der Waals surface area (Å²) in [5, 5.41) is 0. The van der Waals surface area contributed by atoms with Crippen LogP contribution in [-0.4, -0.2) is 39.6 Å². The molecule has 0 aliphatic rings. The van der Waals surface area contributed by atoms with Gasteiger partial charge in [-0.3, -0.25) is 0 Å². The van der Waals surface area contributed by atoms with Crippen LogP contribution in [0.5, 0.6) is 0 Å². The molecule has 2 atom stereocenters. The Hall–Kier alpha value is 0.704.